The molecule has 1 aliphatic heterocycles. The first-order valence-corrected chi connectivity index (χ1v) is 9.05. The van der Waals surface area contributed by atoms with Gasteiger partial charge < -0.3 is 10.2 Å². The van der Waals surface area contributed by atoms with Crippen LogP contribution < -0.4 is 5.32 Å². The molecular formula is C17H24N2OS. The molecule has 0 radical (unpaired) electrons. The molecule has 0 bridgehead atoms. The Kier molecular flexibility index (Phi) is 4.86. The van der Waals surface area contributed by atoms with Gasteiger partial charge in [-0.05, 0) is 50.1 Å². The molecule has 1 saturated carbocycles. The Morgan fingerprint density at radius 2 is 2.10 bits per heavy atom. The van der Waals surface area contributed by atoms with Crippen molar-refractivity contribution in [3.8, 4) is 0 Å². The molecule has 0 spiro atoms. The van der Waals surface area contributed by atoms with E-state index >= 15 is 0 Å². The topological polar surface area (TPSA) is 32.3 Å². The van der Waals surface area contributed by atoms with Gasteiger partial charge in [0.25, 0.3) is 5.91 Å². The average Bonchev–Trinajstić information content (AvgIpc) is 2.96. The number of hydrogen-bond acceptors (Lipinski definition) is 3. The van der Waals surface area contributed by atoms with Crippen LogP contribution >= 0.6 is 11.8 Å². The third-order valence-electron chi connectivity index (χ3n) is 4.55. The van der Waals surface area contributed by atoms with Gasteiger partial charge in [-0.25, -0.2) is 0 Å². The zero-order valence-electron chi connectivity index (χ0n) is 12.7. The summed E-state index contributed by atoms with van der Waals surface area (Å²) >= 11 is 1.76. The van der Waals surface area contributed by atoms with Crippen LogP contribution in [0.3, 0.4) is 0 Å². The molecule has 2 aliphatic rings. The van der Waals surface area contributed by atoms with Gasteiger partial charge in [-0.1, -0.05) is 19.1 Å². The largest absolute Gasteiger partial charge is 0.331 e. The van der Waals surface area contributed by atoms with Crippen molar-refractivity contribution in [2.24, 2.45) is 0 Å². The van der Waals surface area contributed by atoms with Gasteiger partial charge in [-0.3, -0.25) is 4.79 Å². The fraction of sp³-hybridized carbons (Fsp3) is 0.588. The molecule has 1 aromatic carbocycles. The fourth-order valence-corrected chi connectivity index (χ4v) is 4.03. The van der Waals surface area contributed by atoms with Crippen molar-refractivity contribution < 1.29 is 4.79 Å². The third-order valence-corrected chi connectivity index (χ3v) is 5.50. The summed E-state index contributed by atoms with van der Waals surface area (Å²) in [5.41, 5.74) is 0.892. The van der Waals surface area contributed by atoms with Gasteiger partial charge in [0, 0.05) is 23.5 Å². The van der Waals surface area contributed by atoms with E-state index in [1.807, 2.05) is 18.2 Å². The minimum absolute atomic E-state index is 0.241. The molecule has 1 atom stereocenters. The number of nitrogens with zero attached hydrogens (tertiary/aromatic N) is 1. The van der Waals surface area contributed by atoms with E-state index in [0.717, 1.165) is 35.7 Å². The predicted molar refractivity (Wildman–Crippen MR) is 87.9 cm³/mol. The minimum Gasteiger partial charge on any atom is -0.331 e. The van der Waals surface area contributed by atoms with Gasteiger partial charge in [-0.15, -0.1) is 11.8 Å². The third kappa shape index (κ3) is 3.11. The van der Waals surface area contributed by atoms with Crippen LogP contribution in [0, 0.1) is 0 Å². The van der Waals surface area contributed by atoms with E-state index in [4.69, 9.17) is 0 Å². The normalized spacial score (nSPS) is 22.0. The monoisotopic (exact) mass is 304 g/mol. The van der Waals surface area contributed by atoms with Crippen LogP contribution in [0.4, 0.5) is 0 Å². The molecule has 1 saturated heterocycles. The standard InChI is InChI=1S/C17H24N2OS/c1-2-21-16-9-4-3-8-15(16)17(20)19(13-6-5-7-13)14-10-11-18-12-14/h3-4,8-9,13-14,18H,2,5-7,10-12H2,1H3/t14-/m0/s1. The molecule has 1 amide bonds. The molecule has 21 heavy (non-hydrogen) atoms. The summed E-state index contributed by atoms with van der Waals surface area (Å²) in [6.07, 6.45) is 4.70. The van der Waals surface area contributed by atoms with Crippen LogP contribution in [-0.4, -0.2) is 41.7 Å². The smallest absolute Gasteiger partial charge is 0.255 e. The van der Waals surface area contributed by atoms with Gasteiger partial charge in [0.2, 0.25) is 0 Å². The van der Waals surface area contributed by atoms with Crippen molar-refractivity contribution in [3.63, 3.8) is 0 Å². The van der Waals surface area contributed by atoms with E-state index < -0.39 is 0 Å². The van der Waals surface area contributed by atoms with Gasteiger partial charge in [0.1, 0.15) is 0 Å². The highest BCUT2D eigenvalue weighted by atomic mass is 32.2. The molecule has 2 fully saturated rings. The maximum absolute atomic E-state index is 13.1. The van der Waals surface area contributed by atoms with Gasteiger partial charge in [-0.2, -0.15) is 0 Å². The molecule has 1 heterocycles. The second-order valence-electron chi connectivity index (χ2n) is 5.87. The second-order valence-corrected chi connectivity index (χ2v) is 7.18. The van der Waals surface area contributed by atoms with Crippen molar-refractivity contribution in [1.82, 2.24) is 10.2 Å². The number of thioether (sulfide) groups is 1. The molecule has 0 aromatic heterocycles. The van der Waals surface area contributed by atoms with Crippen LogP contribution in [0.1, 0.15) is 43.0 Å². The number of rotatable bonds is 5. The molecule has 1 aromatic rings. The van der Waals surface area contributed by atoms with Crippen molar-refractivity contribution in [2.75, 3.05) is 18.8 Å². The van der Waals surface area contributed by atoms with Crippen LogP contribution in [0.2, 0.25) is 0 Å². The summed E-state index contributed by atoms with van der Waals surface area (Å²) in [7, 11) is 0. The number of carbonyl (C=O) groups is 1. The Morgan fingerprint density at radius 3 is 2.71 bits per heavy atom. The molecule has 1 N–H and O–H groups in total. The number of hydrogen-bond donors (Lipinski definition) is 1. The van der Waals surface area contributed by atoms with Crippen molar-refractivity contribution >= 4 is 17.7 Å². The first-order valence-electron chi connectivity index (χ1n) is 8.06. The first kappa shape index (κ1) is 14.9. The first-order chi connectivity index (χ1) is 10.3. The quantitative estimate of drug-likeness (QED) is 0.848. The molecule has 3 rings (SSSR count). The van der Waals surface area contributed by atoms with Crippen molar-refractivity contribution in [3.05, 3.63) is 29.8 Å². The summed E-state index contributed by atoms with van der Waals surface area (Å²) in [5, 5.41) is 3.40. The molecule has 114 valence electrons. The van der Waals surface area contributed by atoms with Crippen LogP contribution in [0.25, 0.3) is 0 Å². The Hall–Kier alpha value is -1.00. The fourth-order valence-electron chi connectivity index (χ4n) is 3.24. The summed E-state index contributed by atoms with van der Waals surface area (Å²) in [5.74, 6) is 1.24. The van der Waals surface area contributed by atoms with E-state index in [9.17, 15) is 4.79 Å². The lowest BCUT2D eigenvalue weighted by atomic mass is 9.89. The van der Waals surface area contributed by atoms with Crippen LogP contribution in [0.15, 0.2) is 29.2 Å². The number of amides is 1. The SMILES string of the molecule is CCSc1ccccc1C(=O)N(C1CCC1)[C@H]1CCNC1. The number of benzene rings is 1. The van der Waals surface area contributed by atoms with E-state index in [1.165, 1.54) is 19.3 Å². The van der Waals surface area contributed by atoms with Gasteiger partial charge in [0.05, 0.1) is 5.56 Å². The Balaban J connectivity index is 1.86. The second kappa shape index (κ2) is 6.84. The maximum atomic E-state index is 13.1. The summed E-state index contributed by atoms with van der Waals surface area (Å²) in [4.78, 5) is 16.5. The summed E-state index contributed by atoms with van der Waals surface area (Å²) in [6.45, 7) is 4.12. The highest BCUT2D eigenvalue weighted by Crippen LogP contribution is 2.32. The van der Waals surface area contributed by atoms with Crippen molar-refractivity contribution in [2.45, 2.75) is 49.6 Å². The Morgan fingerprint density at radius 1 is 1.29 bits per heavy atom. The molecule has 0 unspecified atom stereocenters. The Labute approximate surface area is 131 Å². The van der Waals surface area contributed by atoms with Gasteiger partial charge >= 0.3 is 0 Å². The van der Waals surface area contributed by atoms with E-state index in [1.54, 1.807) is 11.8 Å². The predicted octanol–water partition coefficient (Wildman–Crippen LogP) is 3.16. The van der Waals surface area contributed by atoms with E-state index in [0.29, 0.717) is 12.1 Å². The minimum atomic E-state index is 0.241. The lowest BCUT2D eigenvalue weighted by Crippen LogP contribution is -2.51. The molecule has 4 heteroatoms. The molecule has 1 aliphatic carbocycles. The average molecular weight is 304 g/mol. The highest BCUT2D eigenvalue weighted by molar-refractivity contribution is 7.99. The molecule has 3 nitrogen and oxygen atoms in total. The van der Waals surface area contributed by atoms with E-state index in [2.05, 4.69) is 23.2 Å². The van der Waals surface area contributed by atoms with Gasteiger partial charge in [0.15, 0.2) is 0 Å². The summed E-state index contributed by atoms with van der Waals surface area (Å²) in [6, 6.07) is 8.92. The maximum Gasteiger partial charge on any atom is 0.255 e. The number of nitrogens with one attached hydrogen (secondary N) is 1. The highest BCUT2D eigenvalue weighted by Gasteiger charge is 2.36. The lowest BCUT2D eigenvalue weighted by molar-refractivity contribution is 0.0462. The van der Waals surface area contributed by atoms with Crippen molar-refractivity contribution in [1.29, 1.82) is 0 Å². The summed E-state index contributed by atoms with van der Waals surface area (Å²) < 4.78 is 0. The zero-order chi connectivity index (χ0) is 14.7. The van der Waals surface area contributed by atoms with Crippen LogP contribution in [-0.2, 0) is 0 Å². The van der Waals surface area contributed by atoms with Crippen LogP contribution in [0.5, 0.6) is 0 Å². The zero-order valence-corrected chi connectivity index (χ0v) is 13.5. The number of carbonyl (C=O) groups excluding carboxylic acids is 1. The molecular weight excluding hydrogens is 280 g/mol. The van der Waals surface area contributed by atoms with E-state index in [-0.39, 0.29) is 5.91 Å². The Bertz CT molecular complexity index is 495. The lowest BCUT2D eigenvalue weighted by Gasteiger charge is -2.41.